The van der Waals surface area contributed by atoms with E-state index >= 15 is 0 Å². The first-order chi connectivity index (χ1) is 9.28. The van der Waals surface area contributed by atoms with Gasteiger partial charge in [-0.1, -0.05) is 56.5 Å². The van der Waals surface area contributed by atoms with E-state index in [0.29, 0.717) is 5.41 Å². The molecule has 0 unspecified atom stereocenters. The van der Waals surface area contributed by atoms with Crippen molar-refractivity contribution in [1.29, 1.82) is 0 Å². The van der Waals surface area contributed by atoms with Gasteiger partial charge in [0.25, 0.3) is 0 Å². The molecule has 0 amide bonds. The van der Waals surface area contributed by atoms with Gasteiger partial charge in [0.2, 0.25) is 0 Å². The molecule has 1 nitrogen and oxygen atoms in total. The normalized spacial score (nSPS) is 18.2. The second-order valence-electron chi connectivity index (χ2n) is 5.92. The number of hydrogen-bond acceptors (Lipinski definition) is 1. The molecule has 1 aliphatic carbocycles. The van der Waals surface area contributed by atoms with Crippen LogP contribution in [0.4, 0.5) is 0 Å². The molecule has 1 aliphatic rings. The molecule has 1 aromatic carbocycles. The summed E-state index contributed by atoms with van der Waals surface area (Å²) in [5.74, 6) is 0. The fourth-order valence-corrected chi connectivity index (χ4v) is 3.19. The molecule has 1 heterocycles. The Balaban J connectivity index is 1.96. The van der Waals surface area contributed by atoms with Crippen molar-refractivity contribution in [2.45, 2.75) is 44.4 Å². The maximum atomic E-state index is 4.54. The highest BCUT2D eigenvalue weighted by molar-refractivity contribution is 5.59. The molecule has 98 valence electrons. The van der Waals surface area contributed by atoms with Gasteiger partial charge in [0.05, 0.1) is 5.69 Å². The van der Waals surface area contributed by atoms with Crippen LogP contribution in [0.5, 0.6) is 0 Å². The number of rotatable bonds is 2. The van der Waals surface area contributed by atoms with E-state index in [-0.39, 0.29) is 0 Å². The number of nitrogens with zero attached hydrogens (tertiary/aromatic N) is 1. The van der Waals surface area contributed by atoms with Crippen LogP contribution in [-0.2, 0) is 5.41 Å². The Bertz CT molecular complexity index is 539. The van der Waals surface area contributed by atoms with Gasteiger partial charge in [-0.15, -0.1) is 0 Å². The predicted octanol–water partition coefficient (Wildman–Crippen LogP) is 4.97. The van der Waals surface area contributed by atoms with E-state index in [2.05, 4.69) is 54.4 Å². The zero-order chi connectivity index (χ0) is 13.1. The van der Waals surface area contributed by atoms with E-state index in [1.54, 1.807) is 0 Å². The van der Waals surface area contributed by atoms with Crippen LogP contribution in [0.1, 0.15) is 44.6 Å². The highest BCUT2D eigenvalue weighted by Crippen LogP contribution is 2.39. The molecule has 1 heteroatoms. The Morgan fingerprint density at radius 3 is 2.42 bits per heavy atom. The SMILES string of the molecule is CC1(c2ccnc(-c3ccccc3)c2)CCCCC1. The van der Waals surface area contributed by atoms with Crippen LogP contribution < -0.4 is 0 Å². The third-order valence-electron chi connectivity index (χ3n) is 4.48. The highest BCUT2D eigenvalue weighted by atomic mass is 14.7. The second kappa shape index (κ2) is 5.16. The van der Waals surface area contributed by atoms with Crippen molar-refractivity contribution >= 4 is 0 Å². The lowest BCUT2D eigenvalue weighted by molar-refractivity contribution is 0.319. The first-order valence-corrected chi connectivity index (χ1v) is 7.30. The van der Waals surface area contributed by atoms with Crippen molar-refractivity contribution in [3.05, 3.63) is 54.2 Å². The van der Waals surface area contributed by atoms with Gasteiger partial charge in [-0.3, -0.25) is 4.98 Å². The molecule has 0 saturated heterocycles. The molecule has 3 rings (SSSR count). The van der Waals surface area contributed by atoms with Gasteiger partial charge < -0.3 is 0 Å². The fraction of sp³-hybridized carbons (Fsp3) is 0.389. The molecule has 0 radical (unpaired) electrons. The molecule has 0 N–H and O–H groups in total. The Hall–Kier alpha value is -1.63. The molecule has 19 heavy (non-hydrogen) atoms. The second-order valence-corrected chi connectivity index (χ2v) is 5.92. The monoisotopic (exact) mass is 251 g/mol. The summed E-state index contributed by atoms with van der Waals surface area (Å²) in [4.78, 5) is 4.54. The largest absolute Gasteiger partial charge is 0.256 e. The predicted molar refractivity (Wildman–Crippen MR) is 80.1 cm³/mol. The van der Waals surface area contributed by atoms with Crippen LogP contribution in [0, 0.1) is 0 Å². The van der Waals surface area contributed by atoms with Crippen molar-refractivity contribution in [2.75, 3.05) is 0 Å². The molecular formula is C18H21N. The van der Waals surface area contributed by atoms with Crippen LogP contribution in [0.25, 0.3) is 11.3 Å². The summed E-state index contributed by atoms with van der Waals surface area (Å²) in [6, 6.07) is 15.0. The van der Waals surface area contributed by atoms with E-state index < -0.39 is 0 Å². The average Bonchev–Trinajstić information content (AvgIpc) is 2.49. The standard InChI is InChI=1S/C18H21N/c1-18(11-6-3-7-12-18)16-10-13-19-17(14-16)15-8-4-2-5-9-15/h2,4-5,8-10,13-14H,3,6-7,11-12H2,1H3. The molecule has 0 spiro atoms. The lowest BCUT2D eigenvalue weighted by Crippen LogP contribution is -2.25. The van der Waals surface area contributed by atoms with Crippen molar-refractivity contribution in [2.24, 2.45) is 0 Å². The van der Waals surface area contributed by atoms with E-state index in [1.807, 2.05) is 6.20 Å². The molecule has 0 bridgehead atoms. The zero-order valence-corrected chi connectivity index (χ0v) is 11.6. The number of benzene rings is 1. The summed E-state index contributed by atoms with van der Waals surface area (Å²) in [5.41, 5.74) is 4.12. The van der Waals surface area contributed by atoms with Crippen LogP contribution in [0.15, 0.2) is 48.7 Å². The quantitative estimate of drug-likeness (QED) is 0.734. The van der Waals surface area contributed by atoms with Gasteiger partial charge in [0.1, 0.15) is 0 Å². The van der Waals surface area contributed by atoms with Gasteiger partial charge in [0.15, 0.2) is 0 Å². The van der Waals surface area contributed by atoms with E-state index in [1.165, 1.54) is 43.2 Å². The smallest absolute Gasteiger partial charge is 0.0704 e. The lowest BCUT2D eigenvalue weighted by atomic mass is 9.71. The minimum Gasteiger partial charge on any atom is -0.256 e. The molecule has 1 aromatic heterocycles. The minimum absolute atomic E-state index is 0.352. The maximum Gasteiger partial charge on any atom is 0.0704 e. The van der Waals surface area contributed by atoms with Gasteiger partial charge in [-0.05, 0) is 36.0 Å². The number of hydrogen-bond donors (Lipinski definition) is 0. The summed E-state index contributed by atoms with van der Waals surface area (Å²) >= 11 is 0. The zero-order valence-electron chi connectivity index (χ0n) is 11.6. The molecule has 2 aromatic rings. The van der Waals surface area contributed by atoms with Crippen LogP contribution >= 0.6 is 0 Å². The maximum absolute atomic E-state index is 4.54. The van der Waals surface area contributed by atoms with E-state index in [9.17, 15) is 0 Å². The highest BCUT2D eigenvalue weighted by Gasteiger charge is 2.28. The Morgan fingerprint density at radius 1 is 0.947 bits per heavy atom. The van der Waals surface area contributed by atoms with Gasteiger partial charge in [0, 0.05) is 11.8 Å². The van der Waals surface area contributed by atoms with E-state index in [4.69, 9.17) is 0 Å². The van der Waals surface area contributed by atoms with Crippen molar-refractivity contribution < 1.29 is 0 Å². The number of pyridine rings is 1. The summed E-state index contributed by atoms with van der Waals surface area (Å²) in [6.07, 6.45) is 8.71. The van der Waals surface area contributed by atoms with Gasteiger partial charge >= 0.3 is 0 Å². The Labute approximate surface area is 115 Å². The first-order valence-electron chi connectivity index (χ1n) is 7.30. The minimum atomic E-state index is 0.352. The Kier molecular flexibility index (Phi) is 3.37. The third-order valence-corrected chi connectivity index (χ3v) is 4.48. The fourth-order valence-electron chi connectivity index (χ4n) is 3.19. The van der Waals surface area contributed by atoms with Crippen molar-refractivity contribution in [3.8, 4) is 11.3 Å². The first kappa shape index (κ1) is 12.4. The topological polar surface area (TPSA) is 12.9 Å². The van der Waals surface area contributed by atoms with Gasteiger partial charge in [-0.2, -0.15) is 0 Å². The van der Waals surface area contributed by atoms with Gasteiger partial charge in [-0.25, -0.2) is 0 Å². The third kappa shape index (κ3) is 2.56. The van der Waals surface area contributed by atoms with E-state index in [0.717, 1.165) is 5.69 Å². The average molecular weight is 251 g/mol. The lowest BCUT2D eigenvalue weighted by Gasteiger charge is -2.34. The molecular weight excluding hydrogens is 230 g/mol. The summed E-state index contributed by atoms with van der Waals surface area (Å²) in [6.45, 7) is 2.41. The molecule has 1 fully saturated rings. The molecule has 0 atom stereocenters. The van der Waals surface area contributed by atoms with Crippen LogP contribution in [0.3, 0.4) is 0 Å². The van der Waals surface area contributed by atoms with Crippen molar-refractivity contribution in [1.82, 2.24) is 4.98 Å². The van der Waals surface area contributed by atoms with Crippen LogP contribution in [0.2, 0.25) is 0 Å². The summed E-state index contributed by atoms with van der Waals surface area (Å²) in [7, 11) is 0. The van der Waals surface area contributed by atoms with Crippen LogP contribution in [-0.4, -0.2) is 4.98 Å². The summed E-state index contributed by atoms with van der Waals surface area (Å²) in [5, 5.41) is 0. The molecule has 0 aliphatic heterocycles. The van der Waals surface area contributed by atoms with Crippen molar-refractivity contribution in [3.63, 3.8) is 0 Å². The summed E-state index contributed by atoms with van der Waals surface area (Å²) < 4.78 is 0. The Morgan fingerprint density at radius 2 is 1.68 bits per heavy atom. The molecule has 1 saturated carbocycles. The number of aromatic nitrogens is 1.